The van der Waals surface area contributed by atoms with Crippen molar-refractivity contribution in [2.45, 2.75) is 39.0 Å². The highest BCUT2D eigenvalue weighted by molar-refractivity contribution is 7.07. The van der Waals surface area contributed by atoms with E-state index >= 15 is 0 Å². The van der Waals surface area contributed by atoms with Crippen LogP contribution in [0.1, 0.15) is 41.8 Å². The molecule has 1 aliphatic rings. The molecule has 5 nitrogen and oxygen atoms in total. The Kier molecular flexibility index (Phi) is 6.20. The summed E-state index contributed by atoms with van der Waals surface area (Å²) in [6.45, 7) is 3.86. The van der Waals surface area contributed by atoms with Crippen LogP contribution in [0.3, 0.4) is 0 Å². The Morgan fingerprint density at radius 1 is 1.00 bits per heavy atom. The molecule has 0 radical (unpaired) electrons. The zero-order chi connectivity index (χ0) is 20.1. The molecule has 1 aromatic heterocycles. The van der Waals surface area contributed by atoms with Crippen molar-refractivity contribution < 1.29 is 9.53 Å². The molecule has 150 valence electrons. The Balaban J connectivity index is 1.32. The standard InChI is InChI=1S/C23H25N3O2S/c1-17-5-7-18(8-6-17)15-21-24-23(29-25-21)28-20-11-9-19(10-12-20)16-22(27)26-13-3-2-4-14-26/h5-12H,2-4,13-16H2,1H3. The second kappa shape index (κ2) is 9.18. The minimum absolute atomic E-state index is 0.211. The van der Waals surface area contributed by atoms with Crippen molar-refractivity contribution in [3.8, 4) is 10.9 Å². The number of ether oxygens (including phenoxy) is 1. The number of carbonyl (C=O) groups is 1. The maximum absolute atomic E-state index is 12.4. The highest BCUT2D eigenvalue weighted by atomic mass is 32.1. The monoisotopic (exact) mass is 407 g/mol. The lowest BCUT2D eigenvalue weighted by Gasteiger charge is -2.26. The molecule has 1 saturated heterocycles. The van der Waals surface area contributed by atoms with E-state index in [1.165, 1.54) is 29.1 Å². The van der Waals surface area contributed by atoms with E-state index in [0.717, 1.165) is 37.3 Å². The van der Waals surface area contributed by atoms with Crippen LogP contribution in [0.15, 0.2) is 48.5 Å². The van der Waals surface area contributed by atoms with Crippen LogP contribution >= 0.6 is 11.5 Å². The van der Waals surface area contributed by atoms with Crippen LogP contribution in [-0.4, -0.2) is 33.3 Å². The van der Waals surface area contributed by atoms with Gasteiger partial charge < -0.3 is 9.64 Å². The molecule has 0 spiro atoms. The number of amides is 1. The van der Waals surface area contributed by atoms with Crippen molar-refractivity contribution in [3.05, 3.63) is 71.0 Å². The fourth-order valence-electron chi connectivity index (χ4n) is 3.45. The molecule has 29 heavy (non-hydrogen) atoms. The minimum Gasteiger partial charge on any atom is -0.430 e. The third-order valence-corrected chi connectivity index (χ3v) is 5.76. The smallest absolute Gasteiger partial charge is 0.298 e. The Labute approximate surface area is 175 Å². The maximum atomic E-state index is 12.4. The van der Waals surface area contributed by atoms with Gasteiger partial charge in [-0.15, -0.1) is 0 Å². The minimum atomic E-state index is 0.211. The molecule has 0 bridgehead atoms. The van der Waals surface area contributed by atoms with Gasteiger partial charge in [0.1, 0.15) is 5.75 Å². The quantitative estimate of drug-likeness (QED) is 0.590. The summed E-state index contributed by atoms with van der Waals surface area (Å²) in [4.78, 5) is 18.8. The lowest BCUT2D eigenvalue weighted by atomic mass is 10.1. The summed E-state index contributed by atoms with van der Waals surface area (Å²) < 4.78 is 10.2. The SMILES string of the molecule is Cc1ccc(Cc2nsc(Oc3ccc(CC(=O)N4CCCCC4)cc3)n2)cc1. The zero-order valence-electron chi connectivity index (χ0n) is 16.6. The number of aryl methyl sites for hydroxylation is 1. The van der Waals surface area contributed by atoms with Crippen LogP contribution in [0.25, 0.3) is 0 Å². The number of hydrogen-bond donors (Lipinski definition) is 0. The van der Waals surface area contributed by atoms with Crippen molar-refractivity contribution >= 4 is 17.4 Å². The summed E-state index contributed by atoms with van der Waals surface area (Å²) in [5.41, 5.74) is 3.43. The van der Waals surface area contributed by atoms with Gasteiger partial charge in [0.05, 0.1) is 6.42 Å². The predicted molar refractivity (Wildman–Crippen MR) is 115 cm³/mol. The number of benzene rings is 2. The molecule has 1 aliphatic heterocycles. The number of aromatic nitrogens is 2. The molecule has 2 aromatic carbocycles. The van der Waals surface area contributed by atoms with E-state index in [2.05, 4.69) is 40.5 Å². The predicted octanol–water partition coefficient (Wildman–Crippen LogP) is 4.78. The average Bonchev–Trinajstić information content (AvgIpc) is 3.18. The second-order valence-corrected chi connectivity index (χ2v) is 8.22. The largest absolute Gasteiger partial charge is 0.430 e. The molecule has 0 N–H and O–H groups in total. The third kappa shape index (κ3) is 5.41. The number of nitrogens with zero attached hydrogens (tertiary/aromatic N) is 3. The van der Waals surface area contributed by atoms with E-state index in [9.17, 15) is 4.79 Å². The van der Waals surface area contributed by atoms with E-state index in [-0.39, 0.29) is 5.91 Å². The van der Waals surface area contributed by atoms with Crippen LogP contribution in [0.4, 0.5) is 0 Å². The molecule has 1 fully saturated rings. The number of rotatable bonds is 6. The van der Waals surface area contributed by atoms with Crippen LogP contribution in [0, 0.1) is 6.92 Å². The molecule has 0 atom stereocenters. The van der Waals surface area contributed by atoms with E-state index in [0.29, 0.717) is 23.8 Å². The van der Waals surface area contributed by atoms with E-state index < -0.39 is 0 Å². The molecular formula is C23H25N3O2S. The first kappa shape index (κ1) is 19.6. The van der Waals surface area contributed by atoms with Crippen molar-refractivity contribution in [1.82, 2.24) is 14.3 Å². The Morgan fingerprint density at radius 2 is 1.69 bits per heavy atom. The summed E-state index contributed by atoms with van der Waals surface area (Å²) in [6.07, 6.45) is 4.60. The summed E-state index contributed by atoms with van der Waals surface area (Å²) in [5.74, 6) is 1.68. The summed E-state index contributed by atoms with van der Waals surface area (Å²) in [5, 5.41) is 0.532. The molecule has 4 rings (SSSR count). The van der Waals surface area contributed by atoms with Crippen molar-refractivity contribution in [2.75, 3.05) is 13.1 Å². The van der Waals surface area contributed by atoms with Crippen LogP contribution < -0.4 is 4.74 Å². The van der Waals surface area contributed by atoms with Gasteiger partial charge in [0.25, 0.3) is 5.19 Å². The maximum Gasteiger partial charge on any atom is 0.298 e. The molecule has 2 heterocycles. The van der Waals surface area contributed by atoms with E-state index in [4.69, 9.17) is 4.74 Å². The molecule has 0 unspecified atom stereocenters. The fourth-order valence-corrected chi connectivity index (χ4v) is 4.01. The summed E-state index contributed by atoms with van der Waals surface area (Å²) in [6, 6.07) is 16.1. The van der Waals surface area contributed by atoms with Gasteiger partial charge in [-0.1, -0.05) is 42.0 Å². The summed E-state index contributed by atoms with van der Waals surface area (Å²) >= 11 is 1.26. The van der Waals surface area contributed by atoms with Gasteiger partial charge in [0.2, 0.25) is 5.91 Å². The highest BCUT2D eigenvalue weighted by Gasteiger charge is 2.16. The van der Waals surface area contributed by atoms with Gasteiger partial charge in [-0.3, -0.25) is 4.79 Å². The third-order valence-electron chi connectivity index (χ3n) is 5.12. The van der Waals surface area contributed by atoms with Crippen LogP contribution in [-0.2, 0) is 17.6 Å². The average molecular weight is 408 g/mol. The molecular weight excluding hydrogens is 382 g/mol. The number of hydrogen-bond acceptors (Lipinski definition) is 5. The first-order valence-corrected chi connectivity index (χ1v) is 10.9. The molecule has 6 heteroatoms. The first-order valence-electron chi connectivity index (χ1n) is 10.1. The molecule has 3 aromatic rings. The Morgan fingerprint density at radius 3 is 2.41 bits per heavy atom. The highest BCUT2D eigenvalue weighted by Crippen LogP contribution is 2.24. The Bertz CT molecular complexity index is 945. The molecule has 0 aliphatic carbocycles. The van der Waals surface area contributed by atoms with Gasteiger partial charge in [0, 0.05) is 31.0 Å². The lowest BCUT2D eigenvalue weighted by Crippen LogP contribution is -2.36. The van der Waals surface area contributed by atoms with Crippen molar-refractivity contribution in [1.29, 1.82) is 0 Å². The zero-order valence-corrected chi connectivity index (χ0v) is 17.5. The number of likely N-dealkylation sites (tertiary alicyclic amines) is 1. The topological polar surface area (TPSA) is 55.3 Å². The lowest BCUT2D eigenvalue weighted by molar-refractivity contribution is -0.131. The van der Waals surface area contributed by atoms with E-state index in [1.54, 1.807) is 0 Å². The number of piperidine rings is 1. The van der Waals surface area contributed by atoms with Gasteiger partial charge in [-0.25, -0.2) is 0 Å². The van der Waals surface area contributed by atoms with Crippen molar-refractivity contribution in [3.63, 3.8) is 0 Å². The van der Waals surface area contributed by atoms with Crippen LogP contribution in [0.2, 0.25) is 0 Å². The molecule has 1 amide bonds. The van der Waals surface area contributed by atoms with Crippen LogP contribution in [0.5, 0.6) is 10.9 Å². The van der Waals surface area contributed by atoms with Gasteiger partial charge in [-0.05, 0) is 49.4 Å². The normalized spacial score (nSPS) is 14.0. The number of carbonyl (C=O) groups excluding carboxylic acids is 1. The van der Waals surface area contributed by atoms with Gasteiger partial charge in [0.15, 0.2) is 5.82 Å². The van der Waals surface area contributed by atoms with Gasteiger partial charge >= 0.3 is 0 Å². The first-order chi connectivity index (χ1) is 14.2. The Hall–Kier alpha value is -2.73. The van der Waals surface area contributed by atoms with Crippen molar-refractivity contribution in [2.24, 2.45) is 0 Å². The molecule has 0 saturated carbocycles. The van der Waals surface area contributed by atoms with E-state index in [1.807, 2.05) is 29.2 Å². The fraction of sp³-hybridized carbons (Fsp3) is 0.348. The summed E-state index contributed by atoms with van der Waals surface area (Å²) in [7, 11) is 0. The second-order valence-electron chi connectivity index (χ2n) is 7.50. The van der Waals surface area contributed by atoms with Gasteiger partial charge in [-0.2, -0.15) is 9.36 Å².